The lowest BCUT2D eigenvalue weighted by Gasteiger charge is -2.19. The lowest BCUT2D eigenvalue weighted by atomic mass is 9.95. The third-order valence-corrected chi connectivity index (χ3v) is 4.02. The smallest absolute Gasteiger partial charge is 0.254 e. The van der Waals surface area contributed by atoms with Crippen molar-refractivity contribution < 1.29 is 4.79 Å². The van der Waals surface area contributed by atoms with Crippen LogP contribution in [0.2, 0.25) is 0 Å². The summed E-state index contributed by atoms with van der Waals surface area (Å²) >= 11 is 0. The Morgan fingerprint density at radius 3 is 2.52 bits per heavy atom. The van der Waals surface area contributed by atoms with Gasteiger partial charge in [0, 0.05) is 43.5 Å². The largest absolute Gasteiger partial charge is 0.337 e. The Morgan fingerprint density at radius 1 is 1.16 bits per heavy atom. The van der Waals surface area contributed by atoms with Crippen molar-refractivity contribution in [3.05, 3.63) is 77.6 Å². The summed E-state index contributed by atoms with van der Waals surface area (Å²) in [7, 11) is 3.61. The first-order chi connectivity index (χ1) is 12.1. The van der Waals surface area contributed by atoms with Gasteiger partial charge in [-0.05, 0) is 17.7 Å². The van der Waals surface area contributed by atoms with Crippen molar-refractivity contribution >= 4 is 5.91 Å². The highest BCUT2D eigenvalue weighted by atomic mass is 16.2. The number of benzene rings is 2. The summed E-state index contributed by atoms with van der Waals surface area (Å²) in [6.07, 6.45) is 3.64. The Labute approximate surface area is 146 Å². The summed E-state index contributed by atoms with van der Waals surface area (Å²) in [5.74, 6) is -0.0906. The molecule has 0 radical (unpaired) electrons. The van der Waals surface area contributed by atoms with Crippen LogP contribution in [0.15, 0.2) is 60.9 Å². The molecule has 1 heterocycles. The van der Waals surface area contributed by atoms with Crippen molar-refractivity contribution in [2.75, 3.05) is 7.05 Å². The predicted octanol–water partition coefficient (Wildman–Crippen LogP) is 3.23. The summed E-state index contributed by atoms with van der Waals surface area (Å²) in [5.41, 5.74) is 3.63. The maximum Gasteiger partial charge on any atom is 0.254 e. The number of amides is 1. The average Bonchev–Trinajstić information content (AvgIpc) is 3.05. The molecule has 0 spiro atoms. The second kappa shape index (κ2) is 7.02. The molecule has 0 aliphatic rings. The van der Waals surface area contributed by atoms with Crippen molar-refractivity contribution in [3.63, 3.8) is 0 Å². The second-order valence-corrected chi connectivity index (χ2v) is 5.89. The van der Waals surface area contributed by atoms with Gasteiger partial charge in [0.1, 0.15) is 0 Å². The van der Waals surface area contributed by atoms with E-state index in [-0.39, 0.29) is 5.91 Å². The van der Waals surface area contributed by atoms with E-state index in [0.717, 1.165) is 16.7 Å². The van der Waals surface area contributed by atoms with Gasteiger partial charge in [0.25, 0.3) is 5.91 Å². The van der Waals surface area contributed by atoms with Crippen LogP contribution < -0.4 is 0 Å². The third kappa shape index (κ3) is 3.43. The maximum atomic E-state index is 13.0. The van der Waals surface area contributed by atoms with Crippen LogP contribution in [0, 0.1) is 11.3 Å². The lowest BCUT2D eigenvalue weighted by molar-refractivity contribution is 0.0786. The van der Waals surface area contributed by atoms with Gasteiger partial charge in [-0.3, -0.25) is 9.48 Å². The third-order valence-electron chi connectivity index (χ3n) is 4.02. The molecule has 2 aromatic carbocycles. The number of nitriles is 1. The highest BCUT2D eigenvalue weighted by molar-refractivity contribution is 6.01. The minimum atomic E-state index is -0.0906. The van der Waals surface area contributed by atoms with E-state index in [4.69, 9.17) is 0 Å². The quantitative estimate of drug-likeness (QED) is 0.738. The Kier molecular flexibility index (Phi) is 4.62. The zero-order chi connectivity index (χ0) is 17.8. The van der Waals surface area contributed by atoms with Crippen LogP contribution in [-0.4, -0.2) is 27.6 Å². The monoisotopic (exact) mass is 330 g/mol. The van der Waals surface area contributed by atoms with Crippen molar-refractivity contribution in [1.29, 1.82) is 5.26 Å². The van der Waals surface area contributed by atoms with Gasteiger partial charge >= 0.3 is 0 Å². The molecule has 0 bridgehead atoms. The SMILES string of the molecule is CN(Cc1cnn(C)c1)C(=O)c1ccccc1-c1ccccc1C#N. The number of nitrogens with zero attached hydrogens (tertiary/aromatic N) is 4. The fourth-order valence-electron chi connectivity index (χ4n) is 2.82. The molecule has 3 aromatic rings. The van der Waals surface area contributed by atoms with Crippen LogP contribution in [0.3, 0.4) is 0 Å². The molecule has 1 amide bonds. The number of aryl methyl sites for hydroxylation is 1. The van der Waals surface area contributed by atoms with Gasteiger partial charge in [0.2, 0.25) is 0 Å². The van der Waals surface area contributed by atoms with Gasteiger partial charge in [-0.1, -0.05) is 36.4 Å². The van der Waals surface area contributed by atoms with E-state index in [9.17, 15) is 10.1 Å². The minimum Gasteiger partial charge on any atom is -0.337 e. The van der Waals surface area contributed by atoms with Gasteiger partial charge in [0.15, 0.2) is 0 Å². The van der Waals surface area contributed by atoms with E-state index in [1.165, 1.54) is 0 Å². The molecule has 0 aliphatic heterocycles. The molecule has 0 fully saturated rings. The Morgan fingerprint density at radius 2 is 1.84 bits per heavy atom. The Balaban J connectivity index is 1.95. The number of hydrogen-bond donors (Lipinski definition) is 0. The van der Waals surface area contributed by atoms with Crippen molar-refractivity contribution in [2.24, 2.45) is 7.05 Å². The van der Waals surface area contributed by atoms with Gasteiger partial charge in [-0.25, -0.2) is 0 Å². The van der Waals surface area contributed by atoms with Crippen molar-refractivity contribution in [1.82, 2.24) is 14.7 Å². The van der Waals surface area contributed by atoms with E-state index < -0.39 is 0 Å². The molecule has 0 saturated carbocycles. The predicted molar refractivity (Wildman–Crippen MR) is 95.6 cm³/mol. The zero-order valence-corrected chi connectivity index (χ0v) is 14.2. The first-order valence-corrected chi connectivity index (χ1v) is 7.91. The van der Waals surface area contributed by atoms with E-state index >= 15 is 0 Å². The van der Waals surface area contributed by atoms with Crippen LogP contribution >= 0.6 is 0 Å². The van der Waals surface area contributed by atoms with E-state index in [2.05, 4.69) is 11.2 Å². The molecule has 5 heteroatoms. The fourth-order valence-corrected chi connectivity index (χ4v) is 2.82. The summed E-state index contributed by atoms with van der Waals surface area (Å²) in [5, 5.41) is 13.5. The fraction of sp³-hybridized carbons (Fsp3) is 0.150. The summed E-state index contributed by atoms with van der Waals surface area (Å²) in [6, 6.07) is 16.9. The Hall–Kier alpha value is -3.39. The summed E-state index contributed by atoms with van der Waals surface area (Å²) in [6.45, 7) is 0.473. The van der Waals surface area contributed by atoms with Gasteiger partial charge < -0.3 is 4.90 Å². The van der Waals surface area contributed by atoms with Crippen molar-refractivity contribution in [3.8, 4) is 17.2 Å². The van der Waals surface area contributed by atoms with E-state index in [1.54, 1.807) is 35.0 Å². The highest BCUT2D eigenvalue weighted by Gasteiger charge is 2.18. The number of rotatable bonds is 4. The first kappa shape index (κ1) is 16.5. The molecule has 3 rings (SSSR count). The average molecular weight is 330 g/mol. The zero-order valence-electron chi connectivity index (χ0n) is 14.2. The molecule has 0 unspecified atom stereocenters. The molecule has 0 N–H and O–H groups in total. The molecular formula is C20H18N4O. The standard InChI is InChI=1S/C20H18N4O/c1-23(13-15-12-22-24(2)14-15)20(25)19-10-6-5-9-18(19)17-8-4-3-7-16(17)11-21/h3-10,12,14H,13H2,1-2H3. The van der Waals surface area contributed by atoms with Crippen LogP contribution in [0.1, 0.15) is 21.5 Å². The van der Waals surface area contributed by atoms with Gasteiger partial charge in [0.05, 0.1) is 17.8 Å². The lowest BCUT2D eigenvalue weighted by Crippen LogP contribution is -2.26. The van der Waals surface area contributed by atoms with Crippen LogP contribution in [0.4, 0.5) is 0 Å². The van der Waals surface area contributed by atoms with Crippen LogP contribution in [-0.2, 0) is 13.6 Å². The molecule has 0 aliphatic carbocycles. The number of carbonyl (C=O) groups excluding carboxylic acids is 1. The first-order valence-electron chi connectivity index (χ1n) is 7.91. The molecule has 124 valence electrons. The highest BCUT2D eigenvalue weighted by Crippen LogP contribution is 2.27. The van der Waals surface area contributed by atoms with Gasteiger partial charge in [-0.2, -0.15) is 10.4 Å². The van der Waals surface area contributed by atoms with Crippen molar-refractivity contribution in [2.45, 2.75) is 6.54 Å². The summed E-state index contributed by atoms with van der Waals surface area (Å²) < 4.78 is 1.71. The number of hydrogen-bond acceptors (Lipinski definition) is 3. The Bertz CT molecular complexity index is 952. The van der Waals surface area contributed by atoms with Crippen LogP contribution in [0.5, 0.6) is 0 Å². The number of aromatic nitrogens is 2. The maximum absolute atomic E-state index is 13.0. The van der Waals surface area contributed by atoms with E-state index in [1.807, 2.05) is 49.6 Å². The van der Waals surface area contributed by atoms with Crippen LogP contribution in [0.25, 0.3) is 11.1 Å². The molecular weight excluding hydrogens is 312 g/mol. The molecule has 25 heavy (non-hydrogen) atoms. The molecule has 0 atom stereocenters. The molecule has 1 aromatic heterocycles. The summed E-state index contributed by atoms with van der Waals surface area (Å²) in [4.78, 5) is 14.6. The molecule has 5 nitrogen and oxygen atoms in total. The minimum absolute atomic E-state index is 0.0906. The van der Waals surface area contributed by atoms with Gasteiger partial charge in [-0.15, -0.1) is 0 Å². The number of carbonyl (C=O) groups is 1. The molecule has 0 saturated heterocycles. The van der Waals surface area contributed by atoms with E-state index in [0.29, 0.717) is 17.7 Å². The second-order valence-electron chi connectivity index (χ2n) is 5.89. The topological polar surface area (TPSA) is 61.9 Å². The normalized spacial score (nSPS) is 10.3.